The third-order valence-electron chi connectivity index (χ3n) is 15.5. The van der Waals surface area contributed by atoms with E-state index in [9.17, 15) is 9.59 Å². The quantitative estimate of drug-likeness (QED) is 0.122. The van der Waals surface area contributed by atoms with Gasteiger partial charge in [-0.15, -0.1) is 0 Å². The molecule has 0 saturated heterocycles. The molecule has 7 heteroatoms. The minimum absolute atomic E-state index is 0.0215. The lowest BCUT2D eigenvalue weighted by Gasteiger charge is -2.71. The second kappa shape index (κ2) is 14.5. The average molecular weight is 707 g/mol. The van der Waals surface area contributed by atoms with Gasteiger partial charge in [0.25, 0.3) is 0 Å². The van der Waals surface area contributed by atoms with Crippen molar-refractivity contribution in [3.63, 3.8) is 0 Å². The Morgan fingerprint density at radius 3 is 2.24 bits per heavy atom. The molecule has 5 aliphatic rings. The normalized spacial score (nSPS) is 37.8. The number of benzene rings is 1. The first kappa shape index (κ1) is 38.5. The van der Waals surface area contributed by atoms with Gasteiger partial charge in [0, 0.05) is 12.5 Å². The van der Waals surface area contributed by atoms with Gasteiger partial charge in [-0.1, -0.05) is 90.4 Å². The maximum atomic E-state index is 14.3. The molecule has 0 aliphatic heterocycles. The lowest BCUT2D eigenvalue weighted by molar-refractivity contribution is -0.215. The minimum atomic E-state index is -0.440. The second-order valence-electron chi connectivity index (χ2n) is 18.9. The molecule has 1 aromatic carbocycles. The lowest BCUT2D eigenvalue weighted by Crippen LogP contribution is -2.65. The zero-order valence-corrected chi connectivity index (χ0v) is 32.9. The topological polar surface area (TPSA) is 80.3 Å². The van der Waals surface area contributed by atoms with Crippen molar-refractivity contribution < 1.29 is 33.3 Å². The van der Waals surface area contributed by atoms with E-state index in [0.717, 1.165) is 69.8 Å². The fourth-order valence-electron chi connectivity index (χ4n) is 12.4. The number of methoxy groups -OCH3 is 1. The third kappa shape index (κ3) is 6.86. The van der Waals surface area contributed by atoms with Gasteiger partial charge in [-0.2, -0.15) is 0 Å². The van der Waals surface area contributed by atoms with Crippen LogP contribution in [0.25, 0.3) is 0 Å². The van der Waals surface area contributed by atoms with Crippen molar-refractivity contribution in [2.24, 2.45) is 50.2 Å². The van der Waals surface area contributed by atoms with Gasteiger partial charge in [-0.25, -0.2) is 4.79 Å². The number of esters is 2. The zero-order valence-electron chi connectivity index (χ0n) is 32.9. The van der Waals surface area contributed by atoms with Gasteiger partial charge in [-0.3, -0.25) is 4.79 Å². The summed E-state index contributed by atoms with van der Waals surface area (Å²) < 4.78 is 28.4. The number of ether oxygens (including phenoxy) is 5. The molecule has 7 nitrogen and oxygen atoms in total. The van der Waals surface area contributed by atoms with Crippen LogP contribution in [0.3, 0.4) is 0 Å². The summed E-state index contributed by atoms with van der Waals surface area (Å²) >= 11 is 0. The highest BCUT2D eigenvalue weighted by Gasteiger charge is 2.69. The molecule has 0 aromatic heterocycles. The van der Waals surface area contributed by atoms with E-state index in [-0.39, 0.29) is 57.6 Å². The summed E-state index contributed by atoms with van der Waals surface area (Å²) in [5.74, 6) is 0.942. The molecule has 51 heavy (non-hydrogen) atoms. The van der Waals surface area contributed by atoms with E-state index in [1.807, 2.05) is 30.3 Å². The molecular weight excluding hydrogens is 640 g/mol. The van der Waals surface area contributed by atoms with E-state index < -0.39 is 5.41 Å². The predicted octanol–water partition coefficient (Wildman–Crippen LogP) is 9.12. The molecule has 4 saturated carbocycles. The van der Waals surface area contributed by atoms with Crippen LogP contribution >= 0.6 is 0 Å². The van der Waals surface area contributed by atoms with Crippen molar-refractivity contribution in [3.8, 4) is 0 Å². The van der Waals surface area contributed by atoms with Gasteiger partial charge in [0.2, 0.25) is 0 Å². The standard InChI is InChI=1S/C44H66O7/c1-39(2)20-22-44(38(46)50-29-31-12-10-9-11-13-31)23-21-42(6)32(33(44)28-39)14-15-35-41(5)18-17-36(40(3,4)34(41)16-19-43(35,42)7)51-37(45)30-49-27-26-48-25-24-47-8/h9-14,33-36H,15-30H2,1-8H3/t33-,34-,35+,36-,41-,42+,43+,44-/m0/s1. The van der Waals surface area contributed by atoms with Crippen LogP contribution in [-0.2, 0) is 39.9 Å². The average Bonchev–Trinajstić information content (AvgIpc) is 3.08. The van der Waals surface area contributed by atoms with Crippen molar-refractivity contribution in [2.45, 2.75) is 125 Å². The van der Waals surface area contributed by atoms with Crippen LogP contribution in [0.4, 0.5) is 0 Å². The molecule has 1 aromatic rings. The van der Waals surface area contributed by atoms with Gasteiger partial charge < -0.3 is 23.7 Å². The third-order valence-corrected chi connectivity index (χ3v) is 15.5. The van der Waals surface area contributed by atoms with Crippen LogP contribution in [0, 0.1) is 50.2 Å². The van der Waals surface area contributed by atoms with E-state index in [0.29, 0.717) is 44.9 Å². The molecule has 284 valence electrons. The van der Waals surface area contributed by atoms with E-state index in [1.165, 1.54) is 0 Å². The van der Waals surface area contributed by atoms with E-state index in [4.69, 9.17) is 23.7 Å². The number of hydrogen-bond donors (Lipinski definition) is 0. The number of carbonyl (C=O) groups excluding carboxylic acids is 2. The number of fused-ring (bicyclic) bond motifs is 7. The number of rotatable bonds is 12. The highest BCUT2D eigenvalue weighted by Crippen LogP contribution is 2.76. The number of allylic oxidation sites excluding steroid dienone is 2. The second-order valence-corrected chi connectivity index (χ2v) is 18.9. The Labute approximate surface area is 307 Å². The van der Waals surface area contributed by atoms with Crippen molar-refractivity contribution in [1.82, 2.24) is 0 Å². The van der Waals surface area contributed by atoms with Crippen molar-refractivity contribution in [2.75, 3.05) is 40.1 Å². The Morgan fingerprint density at radius 2 is 1.49 bits per heavy atom. The molecule has 0 N–H and O–H groups in total. The largest absolute Gasteiger partial charge is 0.460 e. The summed E-state index contributed by atoms with van der Waals surface area (Å²) in [5.41, 5.74) is 2.51. The zero-order chi connectivity index (χ0) is 36.7. The first-order valence-corrected chi connectivity index (χ1v) is 19.9. The van der Waals surface area contributed by atoms with Gasteiger partial charge in [0.15, 0.2) is 0 Å². The van der Waals surface area contributed by atoms with Crippen molar-refractivity contribution >= 4 is 11.9 Å². The fourth-order valence-corrected chi connectivity index (χ4v) is 12.4. The number of carbonyl (C=O) groups is 2. The van der Waals surface area contributed by atoms with Gasteiger partial charge in [0.1, 0.15) is 19.3 Å². The molecule has 4 fully saturated rings. The van der Waals surface area contributed by atoms with Gasteiger partial charge >= 0.3 is 11.9 Å². The van der Waals surface area contributed by atoms with Gasteiger partial charge in [-0.05, 0) is 109 Å². The monoisotopic (exact) mass is 706 g/mol. The predicted molar refractivity (Wildman–Crippen MR) is 199 cm³/mol. The molecule has 0 amide bonds. The molecule has 8 atom stereocenters. The number of hydrogen-bond acceptors (Lipinski definition) is 7. The highest BCUT2D eigenvalue weighted by molar-refractivity contribution is 5.79. The highest BCUT2D eigenvalue weighted by atomic mass is 16.6. The maximum absolute atomic E-state index is 14.3. The Kier molecular flexibility index (Phi) is 11.0. The Balaban J connectivity index is 1.19. The Morgan fingerprint density at radius 1 is 0.784 bits per heavy atom. The lowest BCUT2D eigenvalue weighted by atomic mass is 9.33. The molecule has 5 aliphatic carbocycles. The van der Waals surface area contributed by atoms with Crippen LogP contribution in [0.15, 0.2) is 42.0 Å². The summed E-state index contributed by atoms with van der Waals surface area (Å²) in [4.78, 5) is 27.3. The van der Waals surface area contributed by atoms with Crippen molar-refractivity contribution in [1.29, 1.82) is 0 Å². The van der Waals surface area contributed by atoms with Crippen LogP contribution in [0.5, 0.6) is 0 Å². The first-order valence-electron chi connectivity index (χ1n) is 19.9. The molecule has 0 heterocycles. The van der Waals surface area contributed by atoms with Crippen molar-refractivity contribution in [3.05, 3.63) is 47.5 Å². The summed E-state index contributed by atoms with van der Waals surface area (Å²) in [6.45, 7) is 19.4. The first-order chi connectivity index (χ1) is 24.1. The minimum Gasteiger partial charge on any atom is -0.460 e. The van der Waals surface area contributed by atoms with Crippen LogP contribution < -0.4 is 0 Å². The molecule has 6 rings (SSSR count). The molecule has 0 radical (unpaired) electrons. The van der Waals surface area contributed by atoms with Crippen LogP contribution in [0.2, 0.25) is 0 Å². The summed E-state index contributed by atoms with van der Waals surface area (Å²) in [6.07, 6.45) is 12.7. The molecule has 0 bridgehead atoms. The van der Waals surface area contributed by atoms with E-state index >= 15 is 0 Å². The molecule has 0 unspecified atom stereocenters. The summed E-state index contributed by atoms with van der Waals surface area (Å²) in [5, 5.41) is 0. The maximum Gasteiger partial charge on any atom is 0.332 e. The Hall–Kier alpha value is -2.22. The molecule has 0 spiro atoms. The SMILES string of the molecule is COCCOCCOCC(=O)O[C@H]1CC[C@]2(C)[C@H]3CC=C4[C@@H]5CC(C)(C)CC[C@]5(C(=O)OCc5ccccc5)CC[C@@]4(C)[C@]3(C)CC[C@H]2C1(C)C. The summed E-state index contributed by atoms with van der Waals surface area (Å²) in [7, 11) is 1.64. The smallest absolute Gasteiger partial charge is 0.332 e. The fraction of sp³-hybridized carbons (Fsp3) is 0.773. The van der Waals surface area contributed by atoms with Crippen LogP contribution in [0.1, 0.15) is 118 Å². The summed E-state index contributed by atoms with van der Waals surface area (Å²) in [6, 6.07) is 10.1. The van der Waals surface area contributed by atoms with E-state index in [1.54, 1.807) is 12.7 Å². The van der Waals surface area contributed by atoms with Crippen LogP contribution in [-0.4, -0.2) is 58.2 Å². The van der Waals surface area contributed by atoms with Gasteiger partial charge in [0.05, 0.1) is 31.8 Å². The molecular formula is C44H66O7. The van der Waals surface area contributed by atoms with E-state index in [2.05, 4.69) is 54.5 Å². The Bertz CT molecular complexity index is 1430.